The molecule has 0 spiro atoms. The largest absolute Gasteiger partial charge is 0.491 e. The molecule has 1 saturated carbocycles. The molecule has 1 aromatic rings. The second kappa shape index (κ2) is 12.5. The Bertz CT molecular complexity index is 521. The Kier molecular flexibility index (Phi) is 10.3. The van der Waals surface area contributed by atoms with Crippen molar-refractivity contribution in [2.24, 2.45) is 23.7 Å². The second-order valence-electron chi connectivity index (χ2n) is 8.02. The van der Waals surface area contributed by atoms with E-state index in [2.05, 4.69) is 13.8 Å². The van der Waals surface area contributed by atoms with E-state index in [0.717, 1.165) is 24.7 Å². The van der Waals surface area contributed by atoms with Gasteiger partial charge in [-0.1, -0.05) is 51.8 Å². The van der Waals surface area contributed by atoms with Gasteiger partial charge in [0.15, 0.2) is 6.29 Å². The Morgan fingerprint density at radius 2 is 1.82 bits per heavy atom. The summed E-state index contributed by atoms with van der Waals surface area (Å²) in [4.78, 5) is 0. The number of fused-ring (bicyclic) bond motifs is 1. The second-order valence-corrected chi connectivity index (χ2v) is 8.02. The summed E-state index contributed by atoms with van der Waals surface area (Å²) in [5.41, 5.74) is 0. The highest BCUT2D eigenvalue weighted by atomic mass is 16.6. The molecule has 1 aliphatic heterocycles. The lowest BCUT2D eigenvalue weighted by Gasteiger charge is -2.41. The number of aliphatic hydroxyl groups is 1. The molecule has 6 unspecified atom stereocenters. The van der Waals surface area contributed by atoms with Gasteiger partial charge in [-0.3, -0.25) is 0 Å². The Morgan fingerprint density at radius 1 is 1.07 bits per heavy atom. The van der Waals surface area contributed by atoms with Crippen LogP contribution in [0.5, 0.6) is 5.75 Å². The summed E-state index contributed by atoms with van der Waals surface area (Å²) >= 11 is 0. The summed E-state index contributed by atoms with van der Waals surface area (Å²) in [6.45, 7) is 10.00. The van der Waals surface area contributed by atoms with E-state index in [0.29, 0.717) is 31.2 Å². The molecule has 160 valence electrons. The van der Waals surface area contributed by atoms with Crippen LogP contribution in [-0.4, -0.2) is 37.3 Å². The molecule has 28 heavy (non-hydrogen) atoms. The van der Waals surface area contributed by atoms with Crippen molar-refractivity contribution in [3.8, 4) is 5.75 Å². The minimum atomic E-state index is -0.737. The molecule has 1 aromatic carbocycles. The van der Waals surface area contributed by atoms with Crippen molar-refractivity contribution in [1.82, 2.24) is 0 Å². The van der Waals surface area contributed by atoms with Crippen LogP contribution in [0.2, 0.25) is 0 Å². The predicted octanol–water partition coefficient (Wildman–Crippen LogP) is 5.29. The van der Waals surface area contributed by atoms with Gasteiger partial charge >= 0.3 is 0 Å². The Hall–Kier alpha value is -1.10. The summed E-state index contributed by atoms with van der Waals surface area (Å²) in [6.07, 6.45) is 5.79. The van der Waals surface area contributed by atoms with E-state index >= 15 is 0 Å². The van der Waals surface area contributed by atoms with Gasteiger partial charge < -0.3 is 19.3 Å². The lowest BCUT2D eigenvalue weighted by Crippen LogP contribution is -2.39. The number of benzene rings is 1. The summed E-state index contributed by atoms with van der Waals surface area (Å²) < 4.78 is 17.4. The van der Waals surface area contributed by atoms with Crippen LogP contribution in [0.25, 0.3) is 0 Å². The predicted molar refractivity (Wildman–Crippen MR) is 113 cm³/mol. The van der Waals surface area contributed by atoms with Crippen molar-refractivity contribution in [3.05, 3.63) is 30.3 Å². The zero-order chi connectivity index (χ0) is 20.4. The zero-order valence-electron chi connectivity index (χ0n) is 18.2. The fourth-order valence-corrected chi connectivity index (χ4v) is 4.68. The lowest BCUT2D eigenvalue weighted by atomic mass is 9.66. The molecule has 0 amide bonds. The zero-order valence-corrected chi connectivity index (χ0v) is 18.2. The fraction of sp³-hybridized carbons (Fsp3) is 0.750. The highest BCUT2D eigenvalue weighted by Crippen LogP contribution is 2.44. The molecular formula is C24H40O4. The van der Waals surface area contributed by atoms with Gasteiger partial charge in [0.1, 0.15) is 12.4 Å². The van der Waals surface area contributed by atoms with Gasteiger partial charge in [-0.15, -0.1) is 0 Å². The smallest absolute Gasteiger partial charge is 0.157 e. The Balaban J connectivity index is 0.00000136. The minimum Gasteiger partial charge on any atom is -0.491 e. The number of aliphatic hydroxyl groups excluding tert-OH is 1. The first kappa shape index (κ1) is 23.2. The number of ether oxygens (including phenoxy) is 3. The lowest BCUT2D eigenvalue weighted by molar-refractivity contribution is -0.158. The molecule has 0 radical (unpaired) electrons. The van der Waals surface area contributed by atoms with E-state index in [-0.39, 0.29) is 5.92 Å². The van der Waals surface area contributed by atoms with Crippen LogP contribution >= 0.6 is 0 Å². The van der Waals surface area contributed by atoms with Crippen LogP contribution in [0.3, 0.4) is 0 Å². The molecule has 3 rings (SSSR count). The van der Waals surface area contributed by atoms with Crippen molar-refractivity contribution in [3.63, 3.8) is 0 Å². The Labute approximate surface area is 171 Å². The number of hydrogen-bond acceptors (Lipinski definition) is 4. The van der Waals surface area contributed by atoms with E-state index in [1.165, 1.54) is 25.7 Å². The molecule has 4 nitrogen and oxygen atoms in total. The first-order chi connectivity index (χ1) is 13.6. The SMILES string of the molecule is CC.CC1CCC2CCCC(C(C)C(O)OCCOc3ccccc3)C2CO1. The van der Waals surface area contributed by atoms with Crippen LogP contribution in [-0.2, 0) is 9.47 Å². The third kappa shape index (κ3) is 6.75. The van der Waals surface area contributed by atoms with Gasteiger partial charge in [-0.2, -0.15) is 0 Å². The fourth-order valence-electron chi connectivity index (χ4n) is 4.68. The van der Waals surface area contributed by atoms with E-state index in [9.17, 15) is 5.11 Å². The van der Waals surface area contributed by atoms with Crippen molar-refractivity contribution in [2.75, 3.05) is 19.8 Å². The molecule has 1 N–H and O–H groups in total. The molecular weight excluding hydrogens is 352 g/mol. The van der Waals surface area contributed by atoms with E-state index in [4.69, 9.17) is 14.2 Å². The van der Waals surface area contributed by atoms with Gasteiger partial charge in [-0.25, -0.2) is 0 Å². The molecule has 0 bridgehead atoms. The first-order valence-corrected chi connectivity index (χ1v) is 11.2. The quantitative estimate of drug-likeness (QED) is 0.506. The number of hydrogen-bond donors (Lipinski definition) is 1. The van der Waals surface area contributed by atoms with E-state index in [1.807, 2.05) is 44.2 Å². The van der Waals surface area contributed by atoms with Gasteiger partial charge in [0, 0.05) is 5.92 Å². The van der Waals surface area contributed by atoms with Crippen LogP contribution in [0, 0.1) is 23.7 Å². The van der Waals surface area contributed by atoms with Crippen LogP contribution in [0.15, 0.2) is 30.3 Å². The molecule has 6 atom stereocenters. The average molecular weight is 393 g/mol. The molecule has 1 saturated heterocycles. The molecule has 1 heterocycles. The summed E-state index contributed by atoms with van der Waals surface area (Å²) in [7, 11) is 0. The summed E-state index contributed by atoms with van der Waals surface area (Å²) in [6, 6.07) is 9.71. The monoisotopic (exact) mass is 392 g/mol. The summed E-state index contributed by atoms with van der Waals surface area (Å²) in [5.74, 6) is 2.73. The number of para-hydroxylation sites is 1. The maximum Gasteiger partial charge on any atom is 0.157 e. The average Bonchev–Trinajstić information content (AvgIpc) is 2.94. The maximum atomic E-state index is 10.6. The minimum absolute atomic E-state index is 0.122. The maximum absolute atomic E-state index is 10.6. The molecule has 0 aromatic heterocycles. The molecule has 2 aliphatic rings. The standard InChI is InChI=1S/C22H34O4.C2H6/c1-16-11-12-18-7-6-10-20(21(18)15-26-16)17(2)22(23)25-14-13-24-19-8-4-3-5-9-19;1-2/h3-5,8-9,16-18,20-23H,6-7,10-15H2,1-2H3;1-2H3. The first-order valence-electron chi connectivity index (χ1n) is 11.2. The third-order valence-corrected chi connectivity index (χ3v) is 6.29. The highest BCUT2D eigenvalue weighted by Gasteiger charge is 2.40. The highest BCUT2D eigenvalue weighted by molar-refractivity contribution is 5.20. The molecule has 1 aliphatic carbocycles. The van der Waals surface area contributed by atoms with Gasteiger partial charge in [-0.05, 0) is 56.1 Å². The molecule has 2 fully saturated rings. The normalized spacial score (nSPS) is 29.5. The van der Waals surface area contributed by atoms with Crippen LogP contribution < -0.4 is 4.74 Å². The van der Waals surface area contributed by atoms with Crippen LogP contribution in [0.1, 0.15) is 59.8 Å². The van der Waals surface area contributed by atoms with Crippen molar-refractivity contribution in [2.45, 2.75) is 72.2 Å². The topological polar surface area (TPSA) is 47.9 Å². The van der Waals surface area contributed by atoms with E-state index in [1.54, 1.807) is 0 Å². The van der Waals surface area contributed by atoms with Crippen molar-refractivity contribution < 1.29 is 19.3 Å². The number of rotatable bonds is 7. The van der Waals surface area contributed by atoms with Crippen LogP contribution in [0.4, 0.5) is 0 Å². The Morgan fingerprint density at radius 3 is 2.57 bits per heavy atom. The third-order valence-electron chi connectivity index (χ3n) is 6.29. The van der Waals surface area contributed by atoms with Gasteiger partial charge in [0.2, 0.25) is 0 Å². The molecule has 4 heteroatoms. The van der Waals surface area contributed by atoms with Gasteiger partial charge in [0.25, 0.3) is 0 Å². The van der Waals surface area contributed by atoms with Crippen molar-refractivity contribution >= 4 is 0 Å². The summed E-state index contributed by atoms with van der Waals surface area (Å²) in [5, 5.41) is 10.6. The van der Waals surface area contributed by atoms with Crippen molar-refractivity contribution in [1.29, 1.82) is 0 Å². The van der Waals surface area contributed by atoms with Gasteiger partial charge in [0.05, 0.1) is 19.3 Å². The van der Waals surface area contributed by atoms with E-state index < -0.39 is 6.29 Å².